The van der Waals surface area contributed by atoms with E-state index in [1.807, 2.05) is 12.3 Å². The van der Waals surface area contributed by atoms with Gasteiger partial charge in [-0.1, -0.05) is 6.92 Å². The van der Waals surface area contributed by atoms with Gasteiger partial charge in [0.05, 0.1) is 10.2 Å². The van der Waals surface area contributed by atoms with Crippen molar-refractivity contribution in [2.75, 3.05) is 13.1 Å². The van der Waals surface area contributed by atoms with E-state index in [-0.39, 0.29) is 5.82 Å². The summed E-state index contributed by atoms with van der Waals surface area (Å²) < 4.78 is 15.2. The molecule has 26 heavy (non-hydrogen) atoms. The summed E-state index contributed by atoms with van der Waals surface area (Å²) in [5.41, 5.74) is 4.43. The van der Waals surface area contributed by atoms with Crippen LogP contribution in [-0.2, 0) is 17.8 Å². The molecule has 0 saturated heterocycles. The number of aliphatic hydroxyl groups excluding tert-OH is 1. The number of aliphatic carboxylic acids is 1. The summed E-state index contributed by atoms with van der Waals surface area (Å²) in [5.74, 6) is -1.25. The number of carbonyl (C=O) groups is 1. The summed E-state index contributed by atoms with van der Waals surface area (Å²) in [4.78, 5) is 15.4. The van der Waals surface area contributed by atoms with Gasteiger partial charge in [-0.25, -0.2) is 9.18 Å². The molecule has 5 nitrogen and oxygen atoms in total. The van der Waals surface area contributed by atoms with Crippen molar-refractivity contribution in [2.45, 2.75) is 39.8 Å². The summed E-state index contributed by atoms with van der Waals surface area (Å²) in [6.07, 6.45) is -0.199. The molecular formula is C19H23FN2O3S. The highest BCUT2D eigenvalue weighted by molar-refractivity contribution is 7.17. The lowest BCUT2D eigenvalue weighted by molar-refractivity contribution is -0.145. The molecule has 3 heterocycles. The lowest BCUT2D eigenvalue weighted by Gasteiger charge is -2.25. The van der Waals surface area contributed by atoms with Gasteiger partial charge in [0.1, 0.15) is 11.9 Å². The van der Waals surface area contributed by atoms with Crippen LogP contribution in [0.1, 0.15) is 30.7 Å². The number of H-pyrrole nitrogens is 1. The molecule has 3 N–H and O–H groups in total. The average molecular weight is 378 g/mol. The highest BCUT2D eigenvalue weighted by Crippen LogP contribution is 2.39. The lowest BCUT2D eigenvalue weighted by Crippen LogP contribution is -2.29. The molecule has 0 amide bonds. The van der Waals surface area contributed by atoms with E-state index in [1.165, 1.54) is 34.9 Å². The minimum absolute atomic E-state index is 0.0616. The van der Waals surface area contributed by atoms with Gasteiger partial charge in [0, 0.05) is 41.5 Å². The fourth-order valence-corrected chi connectivity index (χ4v) is 4.25. The van der Waals surface area contributed by atoms with Crippen LogP contribution in [0.4, 0.5) is 4.39 Å². The molecule has 0 fully saturated rings. The first-order valence-corrected chi connectivity index (χ1v) is 9.55. The maximum Gasteiger partial charge on any atom is 0.332 e. The Bertz CT molecular complexity index is 961. The van der Waals surface area contributed by atoms with Crippen molar-refractivity contribution in [2.24, 2.45) is 0 Å². The van der Waals surface area contributed by atoms with E-state index in [9.17, 15) is 9.18 Å². The van der Waals surface area contributed by atoms with Gasteiger partial charge in [0.2, 0.25) is 0 Å². The molecule has 1 aliphatic heterocycles. The highest BCUT2D eigenvalue weighted by atomic mass is 32.1. The number of carboxylic acid groups (broad SMARTS) is 1. The van der Waals surface area contributed by atoms with Crippen LogP contribution < -0.4 is 0 Å². The van der Waals surface area contributed by atoms with Gasteiger partial charge in [0.15, 0.2) is 0 Å². The molecule has 0 bridgehead atoms. The standard InChI is InChI=1S/C16H17FN2S.C3H6O3/c1-3-19-6-4-12-11(8-19)13-10-5-7-20-16(10)14(17)9(2)15(13)18-12;1-2(4)3(5)6/h5,7,18H,3-4,6,8H2,1-2H3;2,4H,1H3,(H,5,6). The third-order valence-electron chi connectivity index (χ3n) is 4.89. The van der Waals surface area contributed by atoms with Crippen LogP contribution in [0.2, 0.25) is 0 Å². The molecule has 140 valence electrons. The van der Waals surface area contributed by atoms with Gasteiger partial charge in [0.25, 0.3) is 0 Å². The lowest BCUT2D eigenvalue weighted by atomic mass is 10.0. The van der Waals surface area contributed by atoms with Crippen molar-refractivity contribution >= 4 is 38.3 Å². The number of aliphatic hydroxyl groups is 1. The number of carboxylic acids is 1. The maximum atomic E-state index is 14.4. The molecule has 0 spiro atoms. The quantitative estimate of drug-likeness (QED) is 0.636. The van der Waals surface area contributed by atoms with Gasteiger partial charge < -0.3 is 15.2 Å². The fourth-order valence-electron chi connectivity index (χ4n) is 3.36. The van der Waals surface area contributed by atoms with Crippen molar-refractivity contribution in [1.29, 1.82) is 0 Å². The van der Waals surface area contributed by atoms with Gasteiger partial charge in [-0.15, -0.1) is 11.3 Å². The molecule has 3 aromatic rings. The zero-order chi connectivity index (χ0) is 19.0. The van der Waals surface area contributed by atoms with E-state index in [2.05, 4.69) is 22.9 Å². The van der Waals surface area contributed by atoms with Gasteiger partial charge in [-0.05, 0) is 37.4 Å². The smallest absolute Gasteiger partial charge is 0.332 e. The molecule has 4 rings (SSSR count). The van der Waals surface area contributed by atoms with E-state index in [0.29, 0.717) is 0 Å². The Labute approximate surface area is 155 Å². The topological polar surface area (TPSA) is 76.6 Å². The molecule has 1 atom stereocenters. The Morgan fingerprint density at radius 3 is 2.81 bits per heavy atom. The van der Waals surface area contributed by atoms with E-state index in [1.54, 1.807) is 0 Å². The van der Waals surface area contributed by atoms with Crippen LogP contribution in [0.3, 0.4) is 0 Å². The predicted molar refractivity (Wildman–Crippen MR) is 102 cm³/mol. The molecule has 0 saturated carbocycles. The number of aromatic amines is 1. The van der Waals surface area contributed by atoms with Crippen LogP contribution in [-0.4, -0.2) is 45.3 Å². The second-order valence-corrected chi connectivity index (χ2v) is 7.48. The number of halogens is 1. The zero-order valence-electron chi connectivity index (χ0n) is 15.1. The molecule has 7 heteroatoms. The second kappa shape index (κ2) is 7.34. The largest absolute Gasteiger partial charge is 0.479 e. The van der Waals surface area contributed by atoms with E-state index < -0.39 is 12.1 Å². The second-order valence-electron chi connectivity index (χ2n) is 6.57. The van der Waals surface area contributed by atoms with Crippen LogP contribution in [0.25, 0.3) is 21.0 Å². The number of likely N-dealkylation sites (N-methyl/N-ethyl adjacent to an activating group) is 1. The Kier molecular flexibility index (Phi) is 5.32. The van der Waals surface area contributed by atoms with Gasteiger partial charge >= 0.3 is 5.97 Å². The summed E-state index contributed by atoms with van der Waals surface area (Å²) in [5, 5.41) is 20.1. The third-order valence-corrected chi connectivity index (χ3v) is 5.80. The summed E-state index contributed by atoms with van der Waals surface area (Å²) in [7, 11) is 0. The van der Waals surface area contributed by atoms with Crippen LogP contribution in [0.5, 0.6) is 0 Å². The summed E-state index contributed by atoms with van der Waals surface area (Å²) in [6.45, 7) is 8.41. The first-order chi connectivity index (χ1) is 12.3. The summed E-state index contributed by atoms with van der Waals surface area (Å²) >= 11 is 1.50. The number of benzene rings is 1. The predicted octanol–water partition coefficient (Wildman–Crippen LogP) is 3.66. The Morgan fingerprint density at radius 1 is 1.50 bits per heavy atom. The maximum absolute atomic E-state index is 14.4. The zero-order valence-corrected chi connectivity index (χ0v) is 15.9. The van der Waals surface area contributed by atoms with Crippen molar-refractivity contribution < 1.29 is 19.4 Å². The fraction of sp³-hybridized carbons (Fsp3) is 0.421. The number of aryl methyl sites for hydroxylation is 1. The molecule has 0 radical (unpaired) electrons. The molecule has 1 aliphatic rings. The first kappa shape index (κ1) is 18.8. The van der Waals surface area contributed by atoms with Crippen molar-refractivity contribution in [3.8, 4) is 0 Å². The summed E-state index contributed by atoms with van der Waals surface area (Å²) in [6, 6.07) is 2.06. The van der Waals surface area contributed by atoms with Crippen LogP contribution in [0.15, 0.2) is 11.4 Å². The number of rotatable bonds is 2. The average Bonchev–Trinajstić information content (AvgIpc) is 3.23. The van der Waals surface area contributed by atoms with Crippen molar-refractivity contribution in [3.05, 3.63) is 34.1 Å². The number of hydrogen-bond acceptors (Lipinski definition) is 4. The number of fused-ring (bicyclic) bond motifs is 5. The minimum atomic E-state index is -1.23. The minimum Gasteiger partial charge on any atom is -0.479 e. The normalized spacial score (nSPS) is 15.6. The van der Waals surface area contributed by atoms with E-state index >= 15 is 0 Å². The number of aromatic nitrogens is 1. The van der Waals surface area contributed by atoms with Crippen LogP contribution in [0, 0.1) is 12.7 Å². The number of thiophene rings is 1. The van der Waals surface area contributed by atoms with E-state index in [0.717, 1.165) is 47.2 Å². The molecule has 0 aliphatic carbocycles. The number of nitrogens with one attached hydrogen (secondary N) is 1. The van der Waals surface area contributed by atoms with Crippen molar-refractivity contribution in [3.63, 3.8) is 0 Å². The van der Waals surface area contributed by atoms with Crippen molar-refractivity contribution in [1.82, 2.24) is 9.88 Å². The Morgan fingerprint density at radius 2 is 2.19 bits per heavy atom. The number of nitrogens with zero attached hydrogens (tertiary/aromatic N) is 1. The monoisotopic (exact) mass is 378 g/mol. The number of hydrogen-bond donors (Lipinski definition) is 3. The first-order valence-electron chi connectivity index (χ1n) is 8.67. The highest BCUT2D eigenvalue weighted by Gasteiger charge is 2.24. The molecule has 1 unspecified atom stereocenters. The van der Waals surface area contributed by atoms with Crippen LogP contribution >= 0.6 is 11.3 Å². The molecular weight excluding hydrogens is 355 g/mol. The molecule has 2 aromatic heterocycles. The Balaban J connectivity index is 0.000000286. The Hall–Kier alpha value is -1.96. The third kappa shape index (κ3) is 3.22. The molecule has 1 aromatic carbocycles. The SMILES string of the molecule is CC(O)C(=O)O.CCN1CCc2[nH]c3c(C)c(F)c4sccc4c3c2C1. The van der Waals surface area contributed by atoms with Gasteiger partial charge in [-0.2, -0.15) is 0 Å². The van der Waals surface area contributed by atoms with Gasteiger partial charge in [-0.3, -0.25) is 4.90 Å². The van der Waals surface area contributed by atoms with E-state index in [4.69, 9.17) is 10.2 Å².